The number of halogens is 1. The van der Waals surface area contributed by atoms with Crippen molar-refractivity contribution >= 4 is 23.2 Å². The Balaban J connectivity index is 1.81. The van der Waals surface area contributed by atoms with E-state index >= 15 is 0 Å². The maximum atomic E-state index is 12.6. The Hall–Kier alpha value is -1.30. The molecule has 0 saturated carbocycles. The van der Waals surface area contributed by atoms with Crippen LogP contribution in [-0.4, -0.2) is 42.9 Å². The molecule has 20 heavy (non-hydrogen) atoms. The lowest BCUT2D eigenvalue weighted by Gasteiger charge is -2.38. The highest BCUT2D eigenvalue weighted by atomic mass is 35.5. The van der Waals surface area contributed by atoms with Crippen LogP contribution in [-0.2, 0) is 9.47 Å². The number of nitrogens with two attached hydrogens (primary N) is 1. The average molecular weight is 297 g/mol. The summed E-state index contributed by atoms with van der Waals surface area (Å²) in [5, 5.41) is 0.414. The standard InChI is InChI=1S/C14H17ClN2O3/c15-12-3-2-10(16)8-11(12)13(18)17-5-1-4-14(9-17)19-6-7-20-14/h2-3,8H,1,4-7,9,16H2. The number of nitrogens with zero attached hydrogens (tertiary/aromatic N) is 1. The van der Waals surface area contributed by atoms with E-state index < -0.39 is 5.79 Å². The third-order valence-corrected chi connectivity index (χ3v) is 4.07. The van der Waals surface area contributed by atoms with Crippen molar-refractivity contribution in [3.8, 4) is 0 Å². The lowest BCUT2D eigenvalue weighted by molar-refractivity contribution is -0.183. The predicted molar refractivity (Wildman–Crippen MR) is 75.6 cm³/mol. The van der Waals surface area contributed by atoms with Gasteiger partial charge in [-0.1, -0.05) is 11.6 Å². The summed E-state index contributed by atoms with van der Waals surface area (Å²) in [6.45, 7) is 2.29. The zero-order valence-electron chi connectivity index (χ0n) is 11.1. The fourth-order valence-electron chi connectivity index (χ4n) is 2.77. The molecule has 0 aliphatic carbocycles. The Labute approximate surface area is 122 Å². The van der Waals surface area contributed by atoms with Crippen LogP contribution >= 0.6 is 11.6 Å². The molecule has 0 unspecified atom stereocenters. The van der Waals surface area contributed by atoms with Gasteiger partial charge in [-0.3, -0.25) is 4.79 Å². The maximum absolute atomic E-state index is 12.6. The van der Waals surface area contributed by atoms with Gasteiger partial charge in [-0.05, 0) is 24.6 Å². The molecule has 1 aromatic rings. The number of hydrogen-bond donors (Lipinski definition) is 1. The van der Waals surface area contributed by atoms with E-state index in [4.69, 9.17) is 26.8 Å². The number of carbonyl (C=O) groups is 1. The van der Waals surface area contributed by atoms with Crippen molar-refractivity contribution in [2.75, 3.05) is 32.0 Å². The predicted octanol–water partition coefficient (Wildman–Crippen LogP) is 1.90. The molecule has 2 saturated heterocycles. The quantitative estimate of drug-likeness (QED) is 0.804. The van der Waals surface area contributed by atoms with Gasteiger partial charge in [-0.2, -0.15) is 0 Å². The van der Waals surface area contributed by atoms with Gasteiger partial charge in [0.15, 0.2) is 5.79 Å². The van der Waals surface area contributed by atoms with Crippen molar-refractivity contribution < 1.29 is 14.3 Å². The number of carbonyl (C=O) groups excluding carboxylic acids is 1. The van der Waals surface area contributed by atoms with Gasteiger partial charge in [0, 0.05) is 18.7 Å². The second kappa shape index (κ2) is 5.24. The molecular formula is C14H17ClN2O3. The first kappa shape index (κ1) is 13.7. The molecule has 2 N–H and O–H groups in total. The summed E-state index contributed by atoms with van der Waals surface area (Å²) >= 11 is 6.10. The van der Waals surface area contributed by atoms with Crippen LogP contribution in [0, 0.1) is 0 Å². The van der Waals surface area contributed by atoms with E-state index in [0.717, 1.165) is 12.8 Å². The van der Waals surface area contributed by atoms with Crippen molar-refractivity contribution in [3.63, 3.8) is 0 Å². The lowest BCUT2D eigenvalue weighted by atomic mass is 10.0. The van der Waals surface area contributed by atoms with E-state index in [0.29, 0.717) is 42.6 Å². The summed E-state index contributed by atoms with van der Waals surface area (Å²) in [6, 6.07) is 4.94. The Kier molecular flexibility index (Phi) is 3.58. The molecule has 0 aromatic heterocycles. The van der Waals surface area contributed by atoms with Crippen LogP contribution < -0.4 is 5.73 Å². The molecule has 0 radical (unpaired) electrons. The molecule has 1 aromatic carbocycles. The largest absolute Gasteiger partial charge is 0.399 e. The van der Waals surface area contributed by atoms with E-state index in [1.54, 1.807) is 23.1 Å². The minimum atomic E-state index is -0.624. The third-order valence-electron chi connectivity index (χ3n) is 3.74. The van der Waals surface area contributed by atoms with Crippen molar-refractivity contribution in [1.29, 1.82) is 0 Å². The first-order valence-corrected chi connectivity index (χ1v) is 7.10. The Bertz CT molecular complexity index is 529. The molecular weight excluding hydrogens is 280 g/mol. The number of piperidine rings is 1. The van der Waals surface area contributed by atoms with Gasteiger partial charge in [-0.15, -0.1) is 0 Å². The SMILES string of the molecule is Nc1ccc(Cl)c(C(=O)N2CCCC3(C2)OCCO3)c1. The Morgan fingerprint density at radius 2 is 2.10 bits per heavy atom. The topological polar surface area (TPSA) is 64.8 Å². The van der Waals surface area contributed by atoms with Crippen LogP contribution in [0.3, 0.4) is 0 Å². The average Bonchev–Trinajstić information content (AvgIpc) is 2.88. The summed E-state index contributed by atoms with van der Waals surface area (Å²) in [4.78, 5) is 14.3. The van der Waals surface area contributed by atoms with E-state index in [9.17, 15) is 4.79 Å². The van der Waals surface area contributed by atoms with Gasteiger partial charge in [0.05, 0.1) is 30.3 Å². The first-order chi connectivity index (χ1) is 9.60. The molecule has 2 aliphatic rings. The molecule has 2 heterocycles. The summed E-state index contributed by atoms with van der Waals surface area (Å²) in [7, 11) is 0. The van der Waals surface area contributed by atoms with Gasteiger partial charge in [0.1, 0.15) is 0 Å². The third kappa shape index (κ3) is 2.49. The van der Waals surface area contributed by atoms with Crippen LogP contribution in [0.25, 0.3) is 0 Å². The molecule has 2 fully saturated rings. The fourth-order valence-corrected chi connectivity index (χ4v) is 2.97. The first-order valence-electron chi connectivity index (χ1n) is 6.72. The second-order valence-corrected chi connectivity index (χ2v) is 5.58. The van der Waals surface area contributed by atoms with Crippen LogP contribution in [0.15, 0.2) is 18.2 Å². The minimum Gasteiger partial charge on any atom is -0.399 e. The van der Waals surface area contributed by atoms with Gasteiger partial charge in [0.2, 0.25) is 0 Å². The number of hydrogen-bond acceptors (Lipinski definition) is 4. The highest BCUT2D eigenvalue weighted by molar-refractivity contribution is 6.34. The van der Waals surface area contributed by atoms with Crippen LogP contribution in [0.2, 0.25) is 5.02 Å². The molecule has 108 valence electrons. The molecule has 0 atom stereocenters. The minimum absolute atomic E-state index is 0.125. The fraction of sp³-hybridized carbons (Fsp3) is 0.500. The summed E-state index contributed by atoms with van der Waals surface area (Å²) < 4.78 is 11.4. The second-order valence-electron chi connectivity index (χ2n) is 5.18. The zero-order valence-corrected chi connectivity index (χ0v) is 11.9. The summed E-state index contributed by atoms with van der Waals surface area (Å²) in [5.41, 5.74) is 6.69. The van der Waals surface area contributed by atoms with Crippen molar-refractivity contribution in [2.24, 2.45) is 0 Å². The normalized spacial score (nSPS) is 21.4. The number of anilines is 1. The lowest BCUT2D eigenvalue weighted by Crippen LogP contribution is -2.51. The summed E-state index contributed by atoms with van der Waals surface area (Å²) in [6.07, 6.45) is 1.67. The maximum Gasteiger partial charge on any atom is 0.255 e. The molecule has 6 heteroatoms. The Morgan fingerprint density at radius 1 is 1.35 bits per heavy atom. The monoisotopic (exact) mass is 296 g/mol. The molecule has 2 aliphatic heterocycles. The number of rotatable bonds is 1. The number of ether oxygens (including phenoxy) is 2. The molecule has 5 nitrogen and oxygen atoms in total. The molecule has 1 amide bonds. The van der Waals surface area contributed by atoms with Crippen molar-refractivity contribution in [2.45, 2.75) is 18.6 Å². The summed E-state index contributed by atoms with van der Waals surface area (Å²) in [5.74, 6) is -0.749. The number of benzene rings is 1. The van der Waals surface area contributed by atoms with Crippen LogP contribution in [0.5, 0.6) is 0 Å². The van der Waals surface area contributed by atoms with Gasteiger partial charge in [0.25, 0.3) is 5.91 Å². The van der Waals surface area contributed by atoms with Crippen LogP contribution in [0.1, 0.15) is 23.2 Å². The highest BCUT2D eigenvalue weighted by Crippen LogP contribution is 2.31. The van der Waals surface area contributed by atoms with Gasteiger partial charge in [-0.25, -0.2) is 0 Å². The van der Waals surface area contributed by atoms with E-state index in [-0.39, 0.29) is 5.91 Å². The number of amides is 1. The number of nitrogen functional groups attached to an aromatic ring is 1. The zero-order chi connectivity index (χ0) is 14.2. The Morgan fingerprint density at radius 3 is 2.85 bits per heavy atom. The van der Waals surface area contributed by atoms with Crippen LogP contribution in [0.4, 0.5) is 5.69 Å². The van der Waals surface area contributed by atoms with E-state index in [1.165, 1.54) is 0 Å². The van der Waals surface area contributed by atoms with Crippen molar-refractivity contribution in [3.05, 3.63) is 28.8 Å². The number of likely N-dealkylation sites (tertiary alicyclic amines) is 1. The smallest absolute Gasteiger partial charge is 0.255 e. The molecule has 1 spiro atoms. The molecule has 0 bridgehead atoms. The van der Waals surface area contributed by atoms with Crippen molar-refractivity contribution in [1.82, 2.24) is 4.90 Å². The highest BCUT2D eigenvalue weighted by Gasteiger charge is 2.42. The van der Waals surface area contributed by atoms with E-state index in [2.05, 4.69) is 0 Å². The van der Waals surface area contributed by atoms with Gasteiger partial charge < -0.3 is 20.1 Å². The van der Waals surface area contributed by atoms with Gasteiger partial charge >= 0.3 is 0 Å². The molecule has 3 rings (SSSR count). The van der Waals surface area contributed by atoms with E-state index in [1.807, 2.05) is 0 Å².